The molecule has 0 atom stereocenters. The van der Waals surface area contributed by atoms with Gasteiger partial charge in [0.25, 0.3) is 0 Å². The van der Waals surface area contributed by atoms with Gasteiger partial charge in [-0.15, -0.1) is 0 Å². The number of para-hydroxylation sites is 2. The molecule has 3 nitrogen and oxygen atoms in total. The van der Waals surface area contributed by atoms with E-state index in [9.17, 15) is 4.79 Å². The van der Waals surface area contributed by atoms with Crippen molar-refractivity contribution in [2.45, 2.75) is 13.0 Å². The maximum absolute atomic E-state index is 12.3. The number of benzene rings is 2. The Bertz CT molecular complexity index is 645. The van der Waals surface area contributed by atoms with E-state index in [1.54, 1.807) is 0 Å². The van der Waals surface area contributed by atoms with Crippen molar-refractivity contribution >= 4 is 33.2 Å². The highest BCUT2D eigenvalue weighted by atomic mass is 79.9. The molecule has 0 N–H and O–H groups in total. The largest absolute Gasteiger partial charge is 0.364 e. The number of carbonyl (C=O) groups is 1. The number of halogens is 1. The Kier molecular flexibility index (Phi) is 4.78. The van der Waals surface area contributed by atoms with Crippen molar-refractivity contribution in [3.63, 3.8) is 0 Å². The smallest absolute Gasteiger partial charge is 0.227 e. The summed E-state index contributed by atoms with van der Waals surface area (Å²) in [4.78, 5) is 16.6. The highest BCUT2D eigenvalue weighted by Gasteiger charge is 2.25. The molecule has 0 unspecified atom stereocenters. The molecule has 1 aliphatic heterocycles. The van der Waals surface area contributed by atoms with Crippen LogP contribution < -0.4 is 9.80 Å². The fraction of sp³-hybridized carbons (Fsp3) is 0.278. The fourth-order valence-electron chi connectivity index (χ4n) is 2.86. The summed E-state index contributed by atoms with van der Waals surface area (Å²) in [5.41, 5.74) is 3.45. The highest BCUT2D eigenvalue weighted by molar-refractivity contribution is 9.09. The number of hydrogen-bond acceptors (Lipinski definition) is 2. The summed E-state index contributed by atoms with van der Waals surface area (Å²) < 4.78 is 0. The number of anilines is 2. The average Bonchev–Trinajstić information content (AvgIpc) is 2.56. The molecular formula is C18H19BrN2O. The zero-order chi connectivity index (χ0) is 15.4. The monoisotopic (exact) mass is 358 g/mol. The lowest BCUT2D eigenvalue weighted by Crippen LogP contribution is -2.43. The first-order valence-electron chi connectivity index (χ1n) is 7.54. The van der Waals surface area contributed by atoms with Crippen LogP contribution in [-0.4, -0.2) is 24.3 Å². The van der Waals surface area contributed by atoms with Gasteiger partial charge in [-0.3, -0.25) is 4.79 Å². The predicted molar refractivity (Wildman–Crippen MR) is 94.7 cm³/mol. The summed E-state index contributed by atoms with van der Waals surface area (Å²) in [6.07, 6.45) is 0.535. The molecule has 4 heteroatoms. The molecule has 1 heterocycles. The van der Waals surface area contributed by atoms with Crippen LogP contribution in [0, 0.1) is 0 Å². The number of rotatable bonds is 4. The van der Waals surface area contributed by atoms with E-state index in [0.717, 1.165) is 31.0 Å². The Labute approximate surface area is 139 Å². The van der Waals surface area contributed by atoms with E-state index in [1.165, 1.54) is 5.56 Å². The number of alkyl halides is 1. The van der Waals surface area contributed by atoms with E-state index in [-0.39, 0.29) is 5.91 Å². The van der Waals surface area contributed by atoms with Crippen LogP contribution in [0.5, 0.6) is 0 Å². The van der Waals surface area contributed by atoms with Gasteiger partial charge in [-0.05, 0) is 17.7 Å². The van der Waals surface area contributed by atoms with Crippen molar-refractivity contribution in [1.82, 2.24) is 0 Å². The van der Waals surface area contributed by atoms with E-state index in [4.69, 9.17) is 0 Å². The van der Waals surface area contributed by atoms with E-state index in [0.29, 0.717) is 11.8 Å². The lowest BCUT2D eigenvalue weighted by Gasteiger charge is -2.38. The van der Waals surface area contributed by atoms with Crippen LogP contribution in [0.15, 0.2) is 54.6 Å². The summed E-state index contributed by atoms with van der Waals surface area (Å²) in [6.45, 7) is 2.48. The van der Waals surface area contributed by atoms with Gasteiger partial charge in [0.2, 0.25) is 5.91 Å². The SMILES string of the molecule is O=C(CCBr)N1CCN(Cc2ccccc2)c2ccccc21. The first kappa shape index (κ1) is 15.1. The molecule has 0 aliphatic carbocycles. The molecule has 1 amide bonds. The van der Waals surface area contributed by atoms with E-state index >= 15 is 0 Å². The number of nitrogens with zero attached hydrogens (tertiary/aromatic N) is 2. The summed E-state index contributed by atoms with van der Waals surface area (Å²) >= 11 is 3.35. The van der Waals surface area contributed by atoms with Crippen molar-refractivity contribution in [3.05, 3.63) is 60.2 Å². The summed E-state index contributed by atoms with van der Waals surface area (Å²) in [5.74, 6) is 0.184. The molecule has 0 saturated heterocycles. The van der Waals surface area contributed by atoms with Gasteiger partial charge < -0.3 is 9.80 Å². The summed E-state index contributed by atoms with van der Waals surface area (Å²) in [5, 5.41) is 0.707. The first-order valence-corrected chi connectivity index (χ1v) is 8.66. The van der Waals surface area contributed by atoms with Gasteiger partial charge in [-0.2, -0.15) is 0 Å². The molecule has 0 fully saturated rings. The van der Waals surface area contributed by atoms with Crippen molar-refractivity contribution in [1.29, 1.82) is 0 Å². The minimum Gasteiger partial charge on any atom is -0.364 e. The van der Waals surface area contributed by atoms with Gasteiger partial charge >= 0.3 is 0 Å². The van der Waals surface area contributed by atoms with Crippen LogP contribution in [0.2, 0.25) is 0 Å². The molecule has 1 aliphatic rings. The summed E-state index contributed by atoms with van der Waals surface area (Å²) in [7, 11) is 0. The van der Waals surface area contributed by atoms with Gasteiger partial charge in [0.15, 0.2) is 0 Å². The number of fused-ring (bicyclic) bond motifs is 1. The van der Waals surface area contributed by atoms with E-state index in [1.807, 2.05) is 29.2 Å². The van der Waals surface area contributed by atoms with Crippen LogP contribution in [-0.2, 0) is 11.3 Å². The third-order valence-corrected chi connectivity index (χ3v) is 4.33. The van der Waals surface area contributed by atoms with Crippen LogP contribution in [0.3, 0.4) is 0 Å². The van der Waals surface area contributed by atoms with Crippen LogP contribution in [0.4, 0.5) is 11.4 Å². The Hall–Kier alpha value is -1.81. The fourth-order valence-corrected chi connectivity index (χ4v) is 3.20. The molecule has 2 aromatic rings. The first-order chi connectivity index (χ1) is 10.8. The molecule has 0 radical (unpaired) electrons. The second-order valence-corrected chi connectivity index (χ2v) is 6.17. The number of amides is 1. The molecule has 22 heavy (non-hydrogen) atoms. The quantitative estimate of drug-likeness (QED) is 0.775. The van der Waals surface area contributed by atoms with Gasteiger partial charge in [-0.1, -0.05) is 58.4 Å². The second-order valence-electron chi connectivity index (χ2n) is 5.38. The van der Waals surface area contributed by atoms with Crippen molar-refractivity contribution in [2.75, 3.05) is 28.2 Å². The minimum absolute atomic E-state index is 0.184. The van der Waals surface area contributed by atoms with Crippen molar-refractivity contribution in [3.8, 4) is 0 Å². The maximum Gasteiger partial charge on any atom is 0.227 e. The van der Waals surface area contributed by atoms with Crippen LogP contribution in [0.25, 0.3) is 0 Å². The van der Waals surface area contributed by atoms with Gasteiger partial charge in [0.05, 0.1) is 11.4 Å². The predicted octanol–water partition coefficient (Wildman–Crippen LogP) is 3.82. The third-order valence-electron chi connectivity index (χ3n) is 3.93. The van der Waals surface area contributed by atoms with Gasteiger partial charge in [-0.25, -0.2) is 0 Å². The molecule has 0 spiro atoms. The zero-order valence-corrected chi connectivity index (χ0v) is 14.0. The standard InChI is InChI=1S/C18H19BrN2O/c19-11-10-18(22)21-13-12-20(14-15-6-2-1-3-7-15)16-8-4-5-9-17(16)21/h1-9H,10-14H2. The highest BCUT2D eigenvalue weighted by Crippen LogP contribution is 2.34. The van der Waals surface area contributed by atoms with E-state index < -0.39 is 0 Å². The Morgan fingerprint density at radius 1 is 0.955 bits per heavy atom. The normalized spacial score (nSPS) is 13.9. The molecule has 0 saturated carbocycles. The van der Waals surface area contributed by atoms with Crippen molar-refractivity contribution in [2.24, 2.45) is 0 Å². The average molecular weight is 359 g/mol. The molecule has 3 rings (SSSR count). The molecule has 0 bridgehead atoms. The lowest BCUT2D eigenvalue weighted by molar-refractivity contribution is -0.118. The van der Waals surface area contributed by atoms with Gasteiger partial charge in [0, 0.05) is 31.4 Å². The molecule has 0 aromatic heterocycles. The zero-order valence-electron chi connectivity index (χ0n) is 12.4. The van der Waals surface area contributed by atoms with E-state index in [2.05, 4.69) is 51.2 Å². The molecule has 114 valence electrons. The number of hydrogen-bond donors (Lipinski definition) is 0. The minimum atomic E-state index is 0.184. The Balaban J connectivity index is 1.86. The number of carbonyl (C=O) groups excluding carboxylic acids is 1. The molecular weight excluding hydrogens is 340 g/mol. The Morgan fingerprint density at radius 2 is 1.64 bits per heavy atom. The second kappa shape index (κ2) is 6.97. The topological polar surface area (TPSA) is 23.6 Å². The third kappa shape index (κ3) is 3.17. The molecule has 2 aromatic carbocycles. The van der Waals surface area contributed by atoms with Gasteiger partial charge in [0.1, 0.15) is 0 Å². The maximum atomic E-state index is 12.3. The summed E-state index contributed by atoms with van der Waals surface area (Å²) in [6, 6.07) is 18.6. The Morgan fingerprint density at radius 3 is 2.36 bits per heavy atom. The van der Waals surface area contributed by atoms with Crippen molar-refractivity contribution < 1.29 is 4.79 Å². The van der Waals surface area contributed by atoms with Crippen LogP contribution >= 0.6 is 15.9 Å². The van der Waals surface area contributed by atoms with Crippen LogP contribution in [0.1, 0.15) is 12.0 Å². The lowest BCUT2D eigenvalue weighted by atomic mass is 10.1.